The Morgan fingerprint density at radius 3 is 2.61 bits per heavy atom. The molecule has 0 amide bonds. The minimum absolute atomic E-state index is 0.167. The number of carbonyl (C=O) groups is 1. The molecular formula is C14H20N2O2. The van der Waals surface area contributed by atoms with E-state index in [9.17, 15) is 4.79 Å². The maximum absolute atomic E-state index is 10.9. The van der Waals surface area contributed by atoms with Gasteiger partial charge in [0, 0.05) is 12.2 Å². The minimum Gasteiger partial charge on any atom is -0.481 e. The minimum atomic E-state index is -0.657. The second-order valence-corrected chi connectivity index (χ2v) is 5.08. The molecule has 1 atom stereocenters. The molecule has 18 heavy (non-hydrogen) atoms. The van der Waals surface area contributed by atoms with Crippen LogP contribution in [-0.4, -0.2) is 34.0 Å². The molecule has 4 nitrogen and oxygen atoms in total. The molecular weight excluding hydrogens is 228 g/mol. The van der Waals surface area contributed by atoms with Gasteiger partial charge in [0.15, 0.2) is 0 Å². The third kappa shape index (κ3) is 2.88. The van der Waals surface area contributed by atoms with Crippen molar-refractivity contribution in [2.75, 3.05) is 13.1 Å². The zero-order valence-corrected chi connectivity index (χ0v) is 11.0. The molecule has 0 radical (unpaired) electrons. The lowest BCUT2D eigenvalue weighted by molar-refractivity contribution is -0.143. The number of nitrogens with zero attached hydrogens (tertiary/aromatic N) is 2. The van der Waals surface area contributed by atoms with Crippen LogP contribution < -0.4 is 0 Å². The van der Waals surface area contributed by atoms with E-state index < -0.39 is 5.97 Å². The van der Waals surface area contributed by atoms with Crippen molar-refractivity contribution in [1.82, 2.24) is 9.88 Å². The molecule has 1 aromatic rings. The third-order valence-electron chi connectivity index (χ3n) is 3.79. The second kappa shape index (κ2) is 5.48. The number of piperidine rings is 1. The summed E-state index contributed by atoms with van der Waals surface area (Å²) >= 11 is 0. The van der Waals surface area contributed by atoms with Gasteiger partial charge in [0.2, 0.25) is 0 Å². The molecule has 1 saturated heterocycles. The average Bonchev–Trinajstić information content (AvgIpc) is 2.39. The number of pyridine rings is 1. The zero-order chi connectivity index (χ0) is 13.1. The summed E-state index contributed by atoms with van der Waals surface area (Å²) in [6.07, 6.45) is 3.37. The highest BCUT2D eigenvalue weighted by molar-refractivity contribution is 5.70. The summed E-state index contributed by atoms with van der Waals surface area (Å²) in [5.74, 6) is -0.824. The Balaban J connectivity index is 1.97. The van der Waals surface area contributed by atoms with E-state index in [1.807, 2.05) is 13.1 Å². The van der Waals surface area contributed by atoms with Gasteiger partial charge in [-0.1, -0.05) is 6.07 Å². The van der Waals surface area contributed by atoms with Crippen LogP contribution in [0.15, 0.2) is 18.3 Å². The van der Waals surface area contributed by atoms with E-state index in [0.29, 0.717) is 0 Å². The first-order chi connectivity index (χ1) is 8.58. The number of aromatic nitrogens is 1. The fourth-order valence-corrected chi connectivity index (χ4v) is 2.45. The molecule has 1 fully saturated rings. The highest BCUT2D eigenvalue weighted by atomic mass is 16.4. The Bertz CT molecular complexity index is 408. The molecule has 2 rings (SSSR count). The molecule has 1 unspecified atom stereocenters. The smallest absolute Gasteiger partial charge is 0.306 e. The standard InChI is InChI=1S/C14H20N2O2/c1-10-3-4-13(15-9-10)11(2)16-7-5-12(6-8-16)14(17)18/h3-4,9,11-12H,5-8H2,1-2H3,(H,17,18). The molecule has 1 aliphatic rings. The van der Waals surface area contributed by atoms with Crippen LogP contribution in [0.25, 0.3) is 0 Å². The van der Waals surface area contributed by atoms with Crippen molar-refractivity contribution in [3.8, 4) is 0 Å². The van der Waals surface area contributed by atoms with E-state index in [0.717, 1.165) is 37.2 Å². The molecule has 0 aliphatic carbocycles. The predicted octanol–water partition coefficient (Wildman–Crippen LogP) is 2.25. The zero-order valence-electron chi connectivity index (χ0n) is 11.0. The Kier molecular flexibility index (Phi) is 3.97. The Labute approximate surface area is 108 Å². The van der Waals surface area contributed by atoms with Gasteiger partial charge in [-0.25, -0.2) is 0 Å². The summed E-state index contributed by atoms with van der Waals surface area (Å²) in [5, 5.41) is 8.98. The Hall–Kier alpha value is -1.42. The topological polar surface area (TPSA) is 53.4 Å². The highest BCUT2D eigenvalue weighted by Gasteiger charge is 2.27. The number of aliphatic carboxylic acids is 1. The Morgan fingerprint density at radius 1 is 1.44 bits per heavy atom. The van der Waals surface area contributed by atoms with Gasteiger partial charge in [-0.15, -0.1) is 0 Å². The van der Waals surface area contributed by atoms with E-state index in [1.165, 1.54) is 0 Å². The molecule has 1 aliphatic heterocycles. The van der Waals surface area contributed by atoms with E-state index in [4.69, 9.17) is 5.11 Å². The number of hydrogen-bond donors (Lipinski definition) is 1. The number of carboxylic acids is 1. The van der Waals surface area contributed by atoms with Gasteiger partial charge in [-0.2, -0.15) is 0 Å². The van der Waals surface area contributed by atoms with Gasteiger partial charge >= 0.3 is 5.97 Å². The van der Waals surface area contributed by atoms with Crippen LogP contribution in [-0.2, 0) is 4.79 Å². The Morgan fingerprint density at radius 2 is 2.11 bits per heavy atom. The first-order valence-electron chi connectivity index (χ1n) is 6.47. The van der Waals surface area contributed by atoms with E-state index in [-0.39, 0.29) is 12.0 Å². The molecule has 98 valence electrons. The average molecular weight is 248 g/mol. The fraction of sp³-hybridized carbons (Fsp3) is 0.571. The number of likely N-dealkylation sites (tertiary alicyclic amines) is 1. The molecule has 1 N–H and O–H groups in total. The summed E-state index contributed by atoms with van der Waals surface area (Å²) in [6.45, 7) is 5.85. The van der Waals surface area contributed by atoms with E-state index in [1.54, 1.807) is 0 Å². The van der Waals surface area contributed by atoms with Crippen molar-refractivity contribution < 1.29 is 9.90 Å². The van der Waals surface area contributed by atoms with Crippen LogP contribution in [0.4, 0.5) is 0 Å². The lowest BCUT2D eigenvalue weighted by Gasteiger charge is -2.34. The fourth-order valence-electron chi connectivity index (χ4n) is 2.45. The molecule has 4 heteroatoms. The maximum atomic E-state index is 10.9. The van der Waals surface area contributed by atoms with E-state index >= 15 is 0 Å². The lowest BCUT2D eigenvalue weighted by Crippen LogP contribution is -2.38. The van der Waals surface area contributed by atoms with Gasteiger partial charge in [0.05, 0.1) is 11.6 Å². The van der Waals surface area contributed by atoms with Crippen LogP contribution in [0, 0.1) is 12.8 Å². The predicted molar refractivity (Wildman–Crippen MR) is 69.3 cm³/mol. The summed E-state index contributed by atoms with van der Waals surface area (Å²) in [7, 11) is 0. The summed E-state index contributed by atoms with van der Waals surface area (Å²) in [4.78, 5) is 17.7. The second-order valence-electron chi connectivity index (χ2n) is 5.08. The van der Waals surface area contributed by atoms with Crippen LogP contribution in [0.1, 0.15) is 37.1 Å². The lowest BCUT2D eigenvalue weighted by atomic mass is 9.95. The quantitative estimate of drug-likeness (QED) is 0.891. The van der Waals surface area contributed by atoms with Crippen molar-refractivity contribution in [3.63, 3.8) is 0 Å². The van der Waals surface area contributed by atoms with Crippen molar-refractivity contribution in [3.05, 3.63) is 29.6 Å². The van der Waals surface area contributed by atoms with Crippen molar-refractivity contribution in [2.45, 2.75) is 32.7 Å². The van der Waals surface area contributed by atoms with Crippen molar-refractivity contribution >= 4 is 5.97 Å². The SMILES string of the molecule is Cc1ccc(C(C)N2CCC(C(=O)O)CC2)nc1. The maximum Gasteiger partial charge on any atom is 0.306 e. The number of aryl methyl sites for hydroxylation is 1. The number of rotatable bonds is 3. The monoisotopic (exact) mass is 248 g/mol. The molecule has 0 aromatic carbocycles. The molecule has 0 spiro atoms. The first-order valence-corrected chi connectivity index (χ1v) is 6.47. The van der Waals surface area contributed by atoms with Crippen molar-refractivity contribution in [1.29, 1.82) is 0 Å². The van der Waals surface area contributed by atoms with Crippen LogP contribution in [0.3, 0.4) is 0 Å². The van der Waals surface area contributed by atoms with Crippen LogP contribution in [0.5, 0.6) is 0 Å². The summed E-state index contributed by atoms with van der Waals surface area (Å²) in [6, 6.07) is 4.40. The number of carboxylic acid groups (broad SMARTS) is 1. The summed E-state index contributed by atoms with van der Waals surface area (Å²) < 4.78 is 0. The van der Waals surface area contributed by atoms with Crippen molar-refractivity contribution in [2.24, 2.45) is 5.92 Å². The normalized spacial score (nSPS) is 19.7. The molecule has 1 aromatic heterocycles. The van der Waals surface area contributed by atoms with Gasteiger partial charge in [-0.05, 0) is 51.4 Å². The number of hydrogen-bond acceptors (Lipinski definition) is 3. The van der Waals surface area contributed by atoms with E-state index in [2.05, 4.69) is 28.9 Å². The largest absolute Gasteiger partial charge is 0.481 e. The van der Waals surface area contributed by atoms with Crippen LogP contribution >= 0.6 is 0 Å². The van der Waals surface area contributed by atoms with Gasteiger partial charge in [0.25, 0.3) is 0 Å². The van der Waals surface area contributed by atoms with Gasteiger partial charge < -0.3 is 5.11 Å². The molecule has 0 saturated carbocycles. The summed E-state index contributed by atoms with van der Waals surface area (Å²) in [5.41, 5.74) is 2.23. The van der Waals surface area contributed by atoms with Gasteiger partial charge in [0.1, 0.15) is 0 Å². The molecule has 0 bridgehead atoms. The third-order valence-corrected chi connectivity index (χ3v) is 3.79. The highest BCUT2D eigenvalue weighted by Crippen LogP contribution is 2.25. The molecule has 2 heterocycles. The first kappa shape index (κ1) is 13.0. The van der Waals surface area contributed by atoms with Gasteiger partial charge in [-0.3, -0.25) is 14.7 Å². The van der Waals surface area contributed by atoms with Crippen LogP contribution in [0.2, 0.25) is 0 Å².